The Bertz CT molecular complexity index is 572. The summed E-state index contributed by atoms with van der Waals surface area (Å²) in [6.45, 7) is 6.41. The molecule has 1 aliphatic carbocycles. The van der Waals surface area contributed by atoms with E-state index in [9.17, 15) is 18.0 Å². The van der Waals surface area contributed by atoms with Crippen LogP contribution in [0.25, 0.3) is 0 Å². The van der Waals surface area contributed by atoms with Crippen molar-refractivity contribution in [3.8, 4) is 0 Å². The molecule has 1 N–H and O–H groups in total. The van der Waals surface area contributed by atoms with E-state index in [0.717, 1.165) is 12.0 Å². The topological polar surface area (TPSA) is 29.1 Å². The Morgan fingerprint density at radius 3 is 2.24 bits per heavy atom. The summed E-state index contributed by atoms with van der Waals surface area (Å²) in [7, 11) is 0. The van der Waals surface area contributed by atoms with Crippen molar-refractivity contribution >= 4 is 5.91 Å². The molecule has 0 bridgehead atoms. The van der Waals surface area contributed by atoms with Crippen LogP contribution in [-0.4, -0.2) is 18.1 Å². The summed E-state index contributed by atoms with van der Waals surface area (Å²) in [4.78, 5) is 12.1. The fourth-order valence-corrected chi connectivity index (χ4v) is 3.40. The van der Waals surface area contributed by atoms with Crippen LogP contribution >= 0.6 is 0 Å². The number of hydrogen-bond donors (Lipinski definition) is 1. The summed E-state index contributed by atoms with van der Waals surface area (Å²) in [5, 5.41) is 2.62. The predicted molar refractivity (Wildman–Crippen MR) is 93.4 cm³/mol. The van der Waals surface area contributed by atoms with Gasteiger partial charge in [0.05, 0.1) is 5.92 Å². The van der Waals surface area contributed by atoms with E-state index >= 15 is 0 Å². The Labute approximate surface area is 148 Å². The summed E-state index contributed by atoms with van der Waals surface area (Å²) < 4.78 is 39.2. The monoisotopic (exact) mass is 355 g/mol. The summed E-state index contributed by atoms with van der Waals surface area (Å²) in [5.74, 6) is -1.70. The van der Waals surface area contributed by atoms with Crippen LogP contribution in [0.1, 0.15) is 64.0 Å². The largest absolute Gasteiger partial charge is 0.393 e. The first kappa shape index (κ1) is 19.8. The molecule has 2 atom stereocenters. The van der Waals surface area contributed by atoms with Gasteiger partial charge < -0.3 is 5.32 Å². The third kappa shape index (κ3) is 5.75. The van der Waals surface area contributed by atoms with Crippen molar-refractivity contribution in [1.82, 2.24) is 5.32 Å². The van der Waals surface area contributed by atoms with Gasteiger partial charge in [0.1, 0.15) is 0 Å². The molecule has 2 nitrogen and oxygen atoms in total. The molecular formula is C20H28F3NO. The molecule has 0 saturated heterocycles. The molecule has 0 spiro atoms. The van der Waals surface area contributed by atoms with Crippen LogP contribution in [0.5, 0.6) is 0 Å². The number of halogens is 3. The van der Waals surface area contributed by atoms with Crippen molar-refractivity contribution in [2.45, 2.75) is 76.9 Å². The lowest BCUT2D eigenvalue weighted by Gasteiger charge is -2.33. The average molecular weight is 355 g/mol. The third-order valence-corrected chi connectivity index (χ3v) is 4.99. The van der Waals surface area contributed by atoms with Crippen molar-refractivity contribution in [3.05, 3.63) is 35.4 Å². The van der Waals surface area contributed by atoms with Crippen LogP contribution in [0.4, 0.5) is 13.2 Å². The molecule has 0 radical (unpaired) electrons. The van der Waals surface area contributed by atoms with Crippen molar-refractivity contribution in [3.63, 3.8) is 0 Å². The Morgan fingerprint density at radius 1 is 1.08 bits per heavy atom. The number of amides is 1. The van der Waals surface area contributed by atoms with E-state index in [2.05, 4.69) is 26.1 Å². The Morgan fingerprint density at radius 2 is 1.68 bits per heavy atom. The number of alkyl halides is 3. The van der Waals surface area contributed by atoms with Crippen LogP contribution in [0.15, 0.2) is 24.3 Å². The molecule has 2 rings (SSSR count). The molecule has 1 saturated carbocycles. The van der Waals surface area contributed by atoms with Crippen LogP contribution in [0.3, 0.4) is 0 Å². The predicted octanol–water partition coefficient (Wildman–Crippen LogP) is 5.15. The molecule has 0 aliphatic heterocycles. The smallest absolute Gasteiger partial charge is 0.353 e. The van der Waals surface area contributed by atoms with Gasteiger partial charge in [-0.15, -0.1) is 0 Å². The van der Waals surface area contributed by atoms with Gasteiger partial charge >= 0.3 is 6.18 Å². The van der Waals surface area contributed by atoms with E-state index in [1.165, 1.54) is 5.56 Å². The van der Waals surface area contributed by atoms with Gasteiger partial charge in [0, 0.05) is 12.5 Å². The first-order valence-electron chi connectivity index (χ1n) is 9.03. The zero-order chi connectivity index (χ0) is 18.7. The fraction of sp³-hybridized carbons (Fsp3) is 0.650. The number of carbonyl (C=O) groups is 1. The minimum atomic E-state index is -4.23. The van der Waals surface area contributed by atoms with E-state index in [1.807, 2.05) is 24.3 Å². The number of nitrogens with one attached hydrogen (secondary N) is 1. The number of benzene rings is 1. The van der Waals surface area contributed by atoms with E-state index in [-0.39, 0.29) is 24.2 Å². The molecule has 0 heterocycles. The van der Waals surface area contributed by atoms with Gasteiger partial charge in [0.25, 0.3) is 0 Å². The van der Waals surface area contributed by atoms with Crippen LogP contribution in [0.2, 0.25) is 0 Å². The molecule has 140 valence electrons. The molecule has 0 aromatic heterocycles. The second-order valence-electron chi connectivity index (χ2n) is 8.05. The first-order chi connectivity index (χ1) is 11.6. The SMILES string of the molecule is CC(C)(C)c1ccc(CCC(=O)NC2CCCCC2C(F)(F)F)cc1. The van der Waals surface area contributed by atoms with E-state index in [4.69, 9.17) is 0 Å². The standard InChI is InChI=1S/C20H28F3NO/c1-19(2,3)15-11-8-14(9-12-15)10-13-18(25)24-17-7-5-4-6-16(17)20(21,22)23/h8-9,11-12,16-17H,4-7,10,13H2,1-3H3,(H,24,25). The lowest BCUT2D eigenvalue weighted by Crippen LogP contribution is -2.47. The van der Waals surface area contributed by atoms with Gasteiger partial charge in [-0.25, -0.2) is 0 Å². The number of carbonyl (C=O) groups excluding carboxylic acids is 1. The third-order valence-electron chi connectivity index (χ3n) is 4.99. The van der Waals surface area contributed by atoms with E-state index in [1.54, 1.807) is 0 Å². The maximum Gasteiger partial charge on any atom is 0.393 e. The first-order valence-corrected chi connectivity index (χ1v) is 9.03. The zero-order valence-electron chi connectivity index (χ0n) is 15.2. The molecule has 1 aliphatic rings. The summed E-state index contributed by atoms with van der Waals surface area (Å²) in [5.41, 5.74) is 2.32. The Hall–Kier alpha value is -1.52. The second kappa shape index (κ2) is 7.79. The van der Waals surface area contributed by atoms with Gasteiger partial charge in [-0.2, -0.15) is 13.2 Å². The van der Waals surface area contributed by atoms with Gasteiger partial charge in [0.15, 0.2) is 0 Å². The molecule has 1 fully saturated rings. The summed E-state index contributed by atoms with van der Waals surface area (Å²) in [6.07, 6.45) is -1.63. The molecular weight excluding hydrogens is 327 g/mol. The van der Waals surface area contributed by atoms with E-state index in [0.29, 0.717) is 19.3 Å². The van der Waals surface area contributed by atoms with Crippen molar-refractivity contribution in [1.29, 1.82) is 0 Å². The molecule has 5 heteroatoms. The molecule has 2 unspecified atom stereocenters. The Balaban J connectivity index is 1.87. The minimum absolute atomic E-state index is 0.0729. The molecule has 1 aromatic rings. The molecule has 1 amide bonds. The minimum Gasteiger partial charge on any atom is -0.353 e. The van der Waals surface area contributed by atoms with Crippen molar-refractivity contribution < 1.29 is 18.0 Å². The highest BCUT2D eigenvalue weighted by molar-refractivity contribution is 5.76. The van der Waals surface area contributed by atoms with Gasteiger partial charge in [-0.3, -0.25) is 4.79 Å². The maximum absolute atomic E-state index is 13.1. The normalized spacial score (nSPS) is 21.8. The lowest BCUT2D eigenvalue weighted by molar-refractivity contribution is -0.189. The van der Waals surface area contributed by atoms with Crippen LogP contribution < -0.4 is 5.32 Å². The fourth-order valence-electron chi connectivity index (χ4n) is 3.40. The number of rotatable bonds is 4. The second-order valence-corrected chi connectivity index (χ2v) is 8.05. The average Bonchev–Trinajstić information content (AvgIpc) is 2.52. The maximum atomic E-state index is 13.1. The quantitative estimate of drug-likeness (QED) is 0.795. The summed E-state index contributed by atoms with van der Waals surface area (Å²) in [6, 6.07) is 7.31. The molecule has 25 heavy (non-hydrogen) atoms. The van der Waals surface area contributed by atoms with Crippen molar-refractivity contribution in [2.24, 2.45) is 5.92 Å². The lowest BCUT2D eigenvalue weighted by atomic mass is 9.84. The van der Waals surface area contributed by atoms with Gasteiger partial charge in [-0.1, -0.05) is 57.9 Å². The van der Waals surface area contributed by atoms with Gasteiger partial charge in [-0.05, 0) is 35.8 Å². The van der Waals surface area contributed by atoms with Crippen LogP contribution in [-0.2, 0) is 16.6 Å². The highest BCUT2D eigenvalue weighted by Gasteiger charge is 2.45. The highest BCUT2D eigenvalue weighted by atomic mass is 19.4. The van der Waals surface area contributed by atoms with Crippen molar-refractivity contribution in [2.75, 3.05) is 0 Å². The van der Waals surface area contributed by atoms with Gasteiger partial charge in [0.2, 0.25) is 5.91 Å². The highest BCUT2D eigenvalue weighted by Crippen LogP contribution is 2.37. The summed E-state index contributed by atoms with van der Waals surface area (Å²) >= 11 is 0. The number of hydrogen-bond acceptors (Lipinski definition) is 1. The Kier molecular flexibility index (Phi) is 6.17. The number of aryl methyl sites for hydroxylation is 1. The van der Waals surface area contributed by atoms with Crippen LogP contribution in [0, 0.1) is 5.92 Å². The molecule has 1 aromatic carbocycles. The van der Waals surface area contributed by atoms with E-state index < -0.39 is 18.1 Å². The zero-order valence-corrected chi connectivity index (χ0v) is 15.2.